The minimum Gasteiger partial charge on any atom is -0.354 e. The maximum absolute atomic E-state index is 4.48. The van der Waals surface area contributed by atoms with Crippen molar-refractivity contribution in [2.45, 2.75) is 13.5 Å². The first-order valence-electron chi connectivity index (χ1n) is 6.82. The molecule has 1 saturated heterocycles. The number of fused-ring (bicyclic) bond motifs is 1. The van der Waals surface area contributed by atoms with E-state index < -0.39 is 0 Å². The van der Waals surface area contributed by atoms with Crippen molar-refractivity contribution in [1.82, 2.24) is 19.7 Å². The van der Waals surface area contributed by atoms with Crippen LogP contribution in [-0.2, 0) is 6.54 Å². The fourth-order valence-corrected chi connectivity index (χ4v) is 4.09. The molecule has 1 fully saturated rings. The Morgan fingerprint density at radius 1 is 1.38 bits per heavy atom. The summed E-state index contributed by atoms with van der Waals surface area (Å²) < 4.78 is 4.23. The molecule has 0 aliphatic carbocycles. The predicted octanol–water partition coefficient (Wildman–Crippen LogP) is 3.10. The molecule has 1 aliphatic heterocycles. The molecule has 5 nitrogen and oxygen atoms in total. The summed E-state index contributed by atoms with van der Waals surface area (Å²) in [6, 6.07) is 0. The van der Waals surface area contributed by atoms with Crippen LogP contribution in [0.2, 0.25) is 0 Å². The van der Waals surface area contributed by atoms with Crippen LogP contribution in [0.1, 0.15) is 5.56 Å². The van der Waals surface area contributed by atoms with E-state index in [0.29, 0.717) is 5.92 Å². The third-order valence-electron chi connectivity index (χ3n) is 3.82. The maximum Gasteiger partial charge on any atom is 0.150 e. The van der Waals surface area contributed by atoms with Gasteiger partial charge in [0.1, 0.15) is 12.1 Å². The standard InChI is InChI=1S/C14H14BrN5S/c1-9-7-21-13-12(9)16-8-17-14(13)19-3-10(4-19)5-20-6-11(15)2-18-20/h2,6-8,10H,3-5H2,1H3. The highest BCUT2D eigenvalue weighted by Crippen LogP contribution is 2.34. The number of halogens is 1. The van der Waals surface area contributed by atoms with E-state index in [4.69, 9.17) is 0 Å². The Morgan fingerprint density at radius 3 is 3.00 bits per heavy atom. The first-order chi connectivity index (χ1) is 10.2. The van der Waals surface area contributed by atoms with E-state index >= 15 is 0 Å². The van der Waals surface area contributed by atoms with Crippen molar-refractivity contribution >= 4 is 43.3 Å². The van der Waals surface area contributed by atoms with E-state index in [1.807, 2.05) is 17.1 Å². The van der Waals surface area contributed by atoms with E-state index in [0.717, 1.165) is 35.4 Å². The van der Waals surface area contributed by atoms with Crippen LogP contribution in [0.15, 0.2) is 28.6 Å². The molecule has 108 valence electrons. The molecule has 0 aromatic carbocycles. The molecule has 21 heavy (non-hydrogen) atoms. The molecule has 0 unspecified atom stereocenters. The molecule has 4 rings (SSSR count). The minimum atomic E-state index is 0.628. The first-order valence-corrected chi connectivity index (χ1v) is 8.49. The lowest BCUT2D eigenvalue weighted by atomic mass is 10.0. The van der Waals surface area contributed by atoms with Crippen LogP contribution < -0.4 is 4.90 Å². The zero-order valence-electron chi connectivity index (χ0n) is 11.5. The SMILES string of the molecule is Cc1csc2c(N3CC(Cn4cc(Br)cn4)C3)ncnc12. The van der Waals surface area contributed by atoms with Crippen molar-refractivity contribution < 1.29 is 0 Å². The first kappa shape index (κ1) is 13.2. The number of aryl methyl sites for hydroxylation is 1. The number of anilines is 1. The molecule has 1 aliphatic rings. The Balaban J connectivity index is 1.49. The van der Waals surface area contributed by atoms with E-state index in [2.05, 4.69) is 48.2 Å². The van der Waals surface area contributed by atoms with Gasteiger partial charge in [-0.1, -0.05) is 0 Å². The highest BCUT2D eigenvalue weighted by atomic mass is 79.9. The van der Waals surface area contributed by atoms with Gasteiger partial charge in [0.15, 0.2) is 0 Å². The van der Waals surface area contributed by atoms with Crippen LogP contribution in [0.4, 0.5) is 5.82 Å². The van der Waals surface area contributed by atoms with Crippen LogP contribution >= 0.6 is 27.3 Å². The van der Waals surface area contributed by atoms with Gasteiger partial charge in [-0.05, 0) is 33.8 Å². The Labute approximate surface area is 134 Å². The summed E-state index contributed by atoms with van der Waals surface area (Å²) >= 11 is 5.17. The second-order valence-corrected chi connectivity index (χ2v) is 7.24. The fraction of sp³-hybridized carbons (Fsp3) is 0.357. The van der Waals surface area contributed by atoms with E-state index in [1.54, 1.807) is 17.7 Å². The predicted molar refractivity (Wildman–Crippen MR) is 87.8 cm³/mol. The third kappa shape index (κ3) is 2.34. The van der Waals surface area contributed by atoms with Gasteiger partial charge in [0.25, 0.3) is 0 Å². The van der Waals surface area contributed by atoms with Gasteiger partial charge in [-0.2, -0.15) is 5.10 Å². The topological polar surface area (TPSA) is 46.8 Å². The highest BCUT2D eigenvalue weighted by molar-refractivity contribution is 9.10. The zero-order valence-corrected chi connectivity index (χ0v) is 13.9. The summed E-state index contributed by atoms with van der Waals surface area (Å²) in [5.74, 6) is 1.71. The van der Waals surface area contributed by atoms with Crippen molar-refractivity contribution in [1.29, 1.82) is 0 Å². The Hall–Kier alpha value is -1.47. The van der Waals surface area contributed by atoms with Crippen molar-refractivity contribution in [3.8, 4) is 0 Å². The number of rotatable bonds is 3. The van der Waals surface area contributed by atoms with Crippen molar-refractivity contribution in [2.24, 2.45) is 5.92 Å². The molecule has 0 saturated carbocycles. The van der Waals surface area contributed by atoms with Gasteiger partial charge in [-0.15, -0.1) is 11.3 Å². The van der Waals surface area contributed by atoms with Crippen molar-refractivity contribution in [3.05, 3.63) is 34.1 Å². The second kappa shape index (κ2) is 5.06. The van der Waals surface area contributed by atoms with Crippen LogP contribution in [-0.4, -0.2) is 32.8 Å². The Kier molecular flexibility index (Phi) is 3.19. The molecule has 3 aromatic rings. The molecule has 0 bridgehead atoms. The van der Waals surface area contributed by atoms with Crippen LogP contribution in [0.5, 0.6) is 0 Å². The summed E-state index contributed by atoms with van der Waals surface area (Å²) in [6.45, 7) is 5.12. The molecule has 7 heteroatoms. The molecule has 0 N–H and O–H groups in total. The number of hydrogen-bond acceptors (Lipinski definition) is 5. The van der Waals surface area contributed by atoms with Crippen LogP contribution in [0, 0.1) is 12.8 Å². The summed E-state index contributed by atoms with van der Waals surface area (Å²) in [5, 5.41) is 6.47. The molecule has 0 amide bonds. The zero-order chi connectivity index (χ0) is 14.4. The molecular weight excluding hydrogens is 350 g/mol. The van der Waals surface area contributed by atoms with Gasteiger partial charge in [0.05, 0.1) is 20.9 Å². The van der Waals surface area contributed by atoms with E-state index in [1.165, 1.54) is 10.3 Å². The Morgan fingerprint density at radius 2 is 2.24 bits per heavy atom. The number of thiophene rings is 1. The lowest BCUT2D eigenvalue weighted by Crippen LogP contribution is -2.49. The molecule has 4 heterocycles. The van der Waals surface area contributed by atoms with E-state index in [9.17, 15) is 0 Å². The molecule has 0 radical (unpaired) electrons. The van der Waals surface area contributed by atoms with Crippen LogP contribution in [0.3, 0.4) is 0 Å². The molecule has 0 spiro atoms. The van der Waals surface area contributed by atoms with Gasteiger partial charge >= 0.3 is 0 Å². The van der Waals surface area contributed by atoms with Crippen LogP contribution in [0.25, 0.3) is 10.2 Å². The van der Waals surface area contributed by atoms with Crippen molar-refractivity contribution in [2.75, 3.05) is 18.0 Å². The average Bonchev–Trinajstić information content (AvgIpc) is 3.01. The van der Waals surface area contributed by atoms with Gasteiger partial charge in [0, 0.05) is 31.7 Å². The maximum atomic E-state index is 4.48. The fourth-order valence-electron chi connectivity index (χ4n) is 2.74. The summed E-state index contributed by atoms with van der Waals surface area (Å²) in [7, 11) is 0. The molecule has 0 atom stereocenters. The monoisotopic (exact) mass is 363 g/mol. The summed E-state index contributed by atoms with van der Waals surface area (Å²) in [4.78, 5) is 11.2. The summed E-state index contributed by atoms with van der Waals surface area (Å²) in [6.07, 6.45) is 5.53. The normalized spacial score (nSPS) is 15.6. The van der Waals surface area contributed by atoms with Crippen molar-refractivity contribution in [3.63, 3.8) is 0 Å². The third-order valence-corrected chi connectivity index (χ3v) is 5.31. The molecular formula is C14H14BrN5S. The van der Waals surface area contributed by atoms with Gasteiger partial charge in [0.2, 0.25) is 0 Å². The minimum absolute atomic E-state index is 0.628. The van der Waals surface area contributed by atoms with Gasteiger partial charge in [-0.3, -0.25) is 4.68 Å². The largest absolute Gasteiger partial charge is 0.354 e. The van der Waals surface area contributed by atoms with Gasteiger partial charge < -0.3 is 4.90 Å². The lowest BCUT2D eigenvalue weighted by Gasteiger charge is -2.40. The number of aromatic nitrogens is 4. The van der Waals surface area contributed by atoms with Gasteiger partial charge in [-0.25, -0.2) is 9.97 Å². The Bertz CT molecular complexity index is 790. The van der Waals surface area contributed by atoms with E-state index in [-0.39, 0.29) is 0 Å². The highest BCUT2D eigenvalue weighted by Gasteiger charge is 2.30. The molecule has 3 aromatic heterocycles. The second-order valence-electron chi connectivity index (χ2n) is 5.45. The number of nitrogens with zero attached hydrogens (tertiary/aromatic N) is 5. The lowest BCUT2D eigenvalue weighted by molar-refractivity contribution is 0.341. The summed E-state index contributed by atoms with van der Waals surface area (Å²) in [5.41, 5.74) is 2.32. The quantitative estimate of drug-likeness (QED) is 0.717. The number of hydrogen-bond donors (Lipinski definition) is 0. The average molecular weight is 364 g/mol. The smallest absolute Gasteiger partial charge is 0.150 e.